The molecular formula is C30H28O4. The van der Waals surface area contributed by atoms with Gasteiger partial charge < -0.3 is 18.9 Å². The number of hydrogen-bond donors (Lipinski definition) is 0. The molecule has 0 aliphatic rings. The van der Waals surface area contributed by atoms with Gasteiger partial charge in [-0.15, -0.1) is 0 Å². The molecule has 4 nitrogen and oxygen atoms in total. The highest BCUT2D eigenvalue weighted by molar-refractivity contribution is 5.72. The molecule has 0 atom stereocenters. The van der Waals surface area contributed by atoms with Gasteiger partial charge in [0.15, 0.2) is 11.5 Å². The van der Waals surface area contributed by atoms with Crippen molar-refractivity contribution in [1.82, 2.24) is 0 Å². The van der Waals surface area contributed by atoms with Crippen molar-refractivity contribution in [2.24, 2.45) is 0 Å². The van der Waals surface area contributed by atoms with Crippen LogP contribution in [0.4, 0.5) is 0 Å². The van der Waals surface area contributed by atoms with E-state index in [1.165, 1.54) is 0 Å². The molecule has 4 rings (SSSR count). The van der Waals surface area contributed by atoms with Gasteiger partial charge in [-0.2, -0.15) is 0 Å². The molecule has 34 heavy (non-hydrogen) atoms. The smallest absolute Gasteiger partial charge is 0.161 e. The topological polar surface area (TPSA) is 36.9 Å². The highest BCUT2D eigenvalue weighted by Crippen LogP contribution is 2.30. The van der Waals surface area contributed by atoms with Crippen LogP contribution in [0.1, 0.15) is 22.3 Å². The highest BCUT2D eigenvalue weighted by Gasteiger charge is 2.06. The Morgan fingerprint density at radius 3 is 1.79 bits per heavy atom. The lowest BCUT2D eigenvalue weighted by Crippen LogP contribution is -1.97. The predicted octanol–water partition coefficient (Wildman–Crippen LogP) is 7.03. The monoisotopic (exact) mass is 452 g/mol. The normalized spacial score (nSPS) is 10.8. The summed E-state index contributed by atoms with van der Waals surface area (Å²) in [6.07, 6.45) is 4.05. The Labute approximate surface area is 201 Å². The summed E-state index contributed by atoms with van der Waals surface area (Å²) < 4.78 is 23.0. The second kappa shape index (κ2) is 11.6. The molecule has 0 saturated carbocycles. The summed E-state index contributed by atoms with van der Waals surface area (Å²) in [5, 5.41) is 0. The van der Waals surface area contributed by atoms with E-state index in [2.05, 4.69) is 0 Å². The van der Waals surface area contributed by atoms with E-state index in [1.54, 1.807) is 14.2 Å². The number of methoxy groups -OCH3 is 2. The van der Waals surface area contributed by atoms with Crippen LogP contribution in [0.15, 0.2) is 97.1 Å². The van der Waals surface area contributed by atoms with Crippen LogP contribution in [0.25, 0.3) is 12.2 Å². The summed E-state index contributed by atoms with van der Waals surface area (Å²) >= 11 is 0. The van der Waals surface area contributed by atoms with Gasteiger partial charge in [0.05, 0.1) is 14.2 Å². The second-order valence-electron chi connectivity index (χ2n) is 7.73. The zero-order valence-electron chi connectivity index (χ0n) is 19.4. The first-order valence-electron chi connectivity index (χ1n) is 11.1. The van der Waals surface area contributed by atoms with Gasteiger partial charge in [0.2, 0.25) is 0 Å². The molecule has 4 aromatic rings. The van der Waals surface area contributed by atoms with Gasteiger partial charge in [0.1, 0.15) is 24.7 Å². The van der Waals surface area contributed by atoms with Crippen LogP contribution >= 0.6 is 0 Å². The minimum Gasteiger partial charge on any atom is -0.497 e. The first-order valence-corrected chi connectivity index (χ1v) is 11.1. The van der Waals surface area contributed by atoms with Crippen LogP contribution in [0.2, 0.25) is 0 Å². The van der Waals surface area contributed by atoms with E-state index < -0.39 is 0 Å². The van der Waals surface area contributed by atoms with Crippen LogP contribution < -0.4 is 18.9 Å². The van der Waals surface area contributed by atoms with E-state index in [9.17, 15) is 0 Å². The molecule has 0 saturated heterocycles. The molecule has 0 amide bonds. The minimum absolute atomic E-state index is 0.488. The SMILES string of the molecule is COc1cc(/C=C/c2ccc(OCc3ccccc3)c(OC)c2)cc(OCc2ccccc2)c1. The molecule has 0 aromatic heterocycles. The Hall–Kier alpha value is -4.18. The molecule has 0 unspecified atom stereocenters. The van der Waals surface area contributed by atoms with Crippen LogP contribution in [-0.2, 0) is 13.2 Å². The maximum absolute atomic E-state index is 5.99. The third-order valence-corrected chi connectivity index (χ3v) is 5.28. The standard InChI is InChI=1S/C30H28O4/c1-31-27-17-26(18-28(20-27)33-21-24-9-5-3-6-10-24)14-13-23-15-16-29(30(19-23)32-2)34-22-25-11-7-4-8-12-25/h3-20H,21-22H2,1-2H3/b14-13+. The van der Waals surface area contributed by atoms with E-state index >= 15 is 0 Å². The largest absolute Gasteiger partial charge is 0.497 e. The van der Waals surface area contributed by atoms with Crippen molar-refractivity contribution in [3.63, 3.8) is 0 Å². The Kier molecular flexibility index (Phi) is 7.86. The van der Waals surface area contributed by atoms with Crippen LogP contribution in [0, 0.1) is 0 Å². The van der Waals surface area contributed by atoms with Crippen molar-refractivity contribution in [3.05, 3.63) is 119 Å². The molecule has 4 heteroatoms. The average Bonchev–Trinajstić information content (AvgIpc) is 2.90. The first-order chi connectivity index (χ1) is 16.7. The molecule has 4 aromatic carbocycles. The van der Waals surface area contributed by atoms with E-state index in [1.807, 2.05) is 109 Å². The fourth-order valence-electron chi connectivity index (χ4n) is 3.47. The fourth-order valence-corrected chi connectivity index (χ4v) is 3.47. The lowest BCUT2D eigenvalue weighted by atomic mass is 10.1. The van der Waals surface area contributed by atoms with Crippen LogP contribution in [-0.4, -0.2) is 14.2 Å². The third-order valence-electron chi connectivity index (χ3n) is 5.28. The summed E-state index contributed by atoms with van der Waals surface area (Å²) in [7, 11) is 3.31. The lowest BCUT2D eigenvalue weighted by Gasteiger charge is -2.11. The summed E-state index contributed by atoms with van der Waals surface area (Å²) in [5.74, 6) is 2.90. The average molecular weight is 453 g/mol. The fraction of sp³-hybridized carbons (Fsp3) is 0.133. The van der Waals surface area contributed by atoms with E-state index in [0.717, 1.165) is 33.8 Å². The summed E-state index contributed by atoms with van der Waals surface area (Å²) in [5.41, 5.74) is 4.20. The Morgan fingerprint density at radius 1 is 0.529 bits per heavy atom. The third kappa shape index (κ3) is 6.42. The van der Waals surface area contributed by atoms with Crippen molar-refractivity contribution < 1.29 is 18.9 Å². The van der Waals surface area contributed by atoms with Gasteiger partial charge in [0, 0.05) is 6.07 Å². The van der Waals surface area contributed by atoms with E-state index in [0.29, 0.717) is 24.7 Å². The van der Waals surface area contributed by atoms with Gasteiger partial charge >= 0.3 is 0 Å². The zero-order valence-corrected chi connectivity index (χ0v) is 19.4. The molecule has 0 fully saturated rings. The van der Waals surface area contributed by atoms with Gasteiger partial charge in [0.25, 0.3) is 0 Å². The van der Waals surface area contributed by atoms with E-state index in [-0.39, 0.29) is 0 Å². The van der Waals surface area contributed by atoms with Crippen LogP contribution in [0.5, 0.6) is 23.0 Å². The second-order valence-corrected chi connectivity index (χ2v) is 7.73. The van der Waals surface area contributed by atoms with E-state index in [4.69, 9.17) is 18.9 Å². The molecule has 0 aliphatic heterocycles. The molecule has 172 valence electrons. The predicted molar refractivity (Wildman–Crippen MR) is 136 cm³/mol. The van der Waals surface area contributed by atoms with Crippen molar-refractivity contribution in [2.75, 3.05) is 14.2 Å². The summed E-state index contributed by atoms with van der Waals surface area (Å²) in [4.78, 5) is 0. The molecule has 0 heterocycles. The number of hydrogen-bond acceptors (Lipinski definition) is 4. The van der Waals surface area contributed by atoms with Crippen molar-refractivity contribution in [1.29, 1.82) is 0 Å². The maximum Gasteiger partial charge on any atom is 0.161 e. The van der Waals surface area contributed by atoms with Gasteiger partial charge in [-0.1, -0.05) is 78.9 Å². The van der Waals surface area contributed by atoms with Gasteiger partial charge in [-0.3, -0.25) is 0 Å². The molecule has 0 aliphatic carbocycles. The number of ether oxygens (including phenoxy) is 4. The maximum atomic E-state index is 5.99. The Balaban J connectivity index is 1.46. The quantitative estimate of drug-likeness (QED) is 0.242. The Morgan fingerprint density at radius 2 is 1.15 bits per heavy atom. The summed E-state index contributed by atoms with van der Waals surface area (Å²) in [6, 6.07) is 31.9. The Bertz CT molecular complexity index is 1220. The molecule has 0 N–H and O–H groups in total. The van der Waals surface area contributed by atoms with Crippen molar-refractivity contribution >= 4 is 12.2 Å². The molecule has 0 spiro atoms. The zero-order chi connectivity index (χ0) is 23.6. The summed E-state index contributed by atoms with van der Waals surface area (Å²) in [6.45, 7) is 0.987. The van der Waals surface area contributed by atoms with Gasteiger partial charge in [-0.05, 0) is 46.5 Å². The first kappa shape index (κ1) is 23.0. The minimum atomic E-state index is 0.488. The van der Waals surface area contributed by atoms with Crippen molar-refractivity contribution in [3.8, 4) is 23.0 Å². The van der Waals surface area contributed by atoms with Crippen molar-refractivity contribution in [2.45, 2.75) is 13.2 Å². The molecular weight excluding hydrogens is 424 g/mol. The highest BCUT2D eigenvalue weighted by atomic mass is 16.5. The number of benzene rings is 4. The van der Waals surface area contributed by atoms with Gasteiger partial charge in [-0.25, -0.2) is 0 Å². The lowest BCUT2D eigenvalue weighted by molar-refractivity contribution is 0.284. The number of rotatable bonds is 10. The van der Waals surface area contributed by atoms with Crippen LogP contribution in [0.3, 0.4) is 0 Å². The molecule has 0 bridgehead atoms. The molecule has 0 radical (unpaired) electrons.